The Balaban J connectivity index is 2.01. The molecule has 1 N–H and O–H groups in total. The Hall–Kier alpha value is -4.26. The van der Waals surface area contributed by atoms with Gasteiger partial charge in [0.15, 0.2) is 0 Å². The first-order chi connectivity index (χ1) is 14.9. The van der Waals surface area contributed by atoms with Gasteiger partial charge in [0.2, 0.25) is 0 Å². The third-order valence-electron chi connectivity index (χ3n) is 5.23. The van der Waals surface area contributed by atoms with E-state index in [-0.39, 0.29) is 22.6 Å². The van der Waals surface area contributed by atoms with E-state index in [0.29, 0.717) is 11.3 Å². The molecule has 1 heterocycles. The van der Waals surface area contributed by atoms with E-state index in [1.807, 2.05) is 6.92 Å². The van der Waals surface area contributed by atoms with Crippen molar-refractivity contribution in [2.24, 2.45) is 0 Å². The molecule has 0 aliphatic carbocycles. The maximum absolute atomic E-state index is 13.1. The lowest BCUT2D eigenvalue weighted by Gasteiger charge is -2.25. The number of para-hydroxylation sites is 2. The second-order valence-electron chi connectivity index (χ2n) is 7.19. The summed E-state index contributed by atoms with van der Waals surface area (Å²) in [5.41, 5.74) is 1.41. The maximum atomic E-state index is 13.1. The monoisotopic (exact) mass is 414 g/mol. The molecule has 1 fully saturated rings. The number of benzene rings is 3. The molecule has 1 saturated heterocycles. The summed E-state index contributed by atoms with van der Waals surface area (Å²) >= 11 is 0. The van der Waals surface area contributed by atoms with Crippen molar-refractivity contribution in [3.05, 3.63) is 111 Å². The van der Waals surface area contributed by atoms with Crippen molar-refractivity contribution in [3.8, 4) is 0 Å². The van der Waals surface area contributed by atoms with Crippen molar-refractivity contribution < 1.29 is 19.6 Å². The summed E-state index contributed by atoms with van der Waals surface area (Å²) in [6.07, 6.45) is 0. The first-order valence-corrected chi connectivity index (χ1v) is 9.56. The number of aliphatic hydroxyl groups is 1. The van der Waals surface area contributed by atoms with Gasteiger partial charge in [-0.25, -0.2) is 0 Å². The molecule has 3 aromatic rings. The molecule has 0 unspecified atom stereocenters. The van der Waals surface area contributed by atoms with E-state index in [9.17, 15) is 24.8 Å². The van der Waals surface area contributed by atoms with Gasteiger partial charge in [-0.1, -0.05) is 60.2 Å². The van der Waals surface area contributed by atoms with Crippen LogP contribution in [-0.4, -0.2) is 21.7 Å². The predicted octanol–water partition coefficient (Wildman–Crippen LogP) is 4.53. The average molecular weight is 414 g/mol. The second kappa shape index (κ2) is 7.87. The maximum Gasteiger partial charge on any atom is 0.300 e. The highest BCUT2D eigenvalue weighted by atomic mass is 16.6. The van der Waals surface area contributed by atoms with Gasteiger partial charge in [0.05, 0.1) is 16.1 Å². The molecule has 0 radical (unpaired) electrons. The van der Waals surface area contributed by atoms with Crippen molar-refractivity contribution >= 4 is 28.8 Å². The summed E-state index contributed by atoms with van der Waals surface area (Å²) in [6.45, 7) is 1.88. The smallest absolute Gasteiger partial charge is 0.300 e. The van der Waals surface area contributed by atoms with Crippen molar-refractivity contribution in [1.82, 2.24) is 0 Å². The molecule has 1 aliphatic rings. The normalized spacial score (nSPS) is 17.7. The van der Waals surface area contributed by atoms with E-state index in [0.717, 1.165) is 5.56 Å². The standard InChI is InChI=1S/C24H18N2O5/c1-15-11-13-16(14-12-15)22(27)20-21(18-9-5-6-10-19(18)26(30)31)25(24(29)23(20)28)17-7-3-2-4-8-17/h2-14,21,27H,1H3/t21-/m1/s1. The molecule has 31 heavy (non-hydrogen) atoms. The lowest BCUT2D eigenvalue weighted by molar-refractivity contribution is -0.385. The highest BCUT2D eigenvalue weighted by molar-refractivity contribution is 6.51. The van der Waals surface area contributed by atoms with Gasteiger partial charge in [-0.3, -0.25) is 24.6 Å². The third kappa shape index (κ3) is 3.46. The van der Waals surface area contributed by atoms with Crippen molar-refractivity contribution in [3.63, 3.8) is 0 Å². The quantitative estimate of drug-likeness (QED) is 0.222. The summed E-state index contributed by atoms with van der Waals surface area (Å²) in [5.74, 6) is -2.13. The summed E-state index contributed by atoms with van der Waals surface area (Å²) < 4.78 is 0. The number of aliphatic hydroxyl groups excluding tert-OH is 1. The van der Waals surface area contributed by atoms with E-state index in [2.05, 4.69) is 0 Å². The van der Waals surface area contributed by atoms with Crippen LogP contribution < -0.4 is 4.90 Å². The number of nitrogens with zero attached hydrogens (tertiary/aromatic N) is 2. The zero-order chi connectivity index (χ0) is 22.1. The third-order valence-corrected chi connectivity index (χ3v) is 5.23. The molecule has 4 rings (SSSR count). The Kier molecular flexibility index (Phi) is 5.09. The number of carbonyl (C=O) groups excluding carboxylic acids is 2. The molecule has 1 amide bonds. The highest BCUT2D eigenvalue weighted by Crippen LogP contribution is 2.44. The zero-order valence-electron chi connectivity index (χ0n) is 16.6. The number of hydrogen-bond acceptors (Lipinski definition) is 5. The van der Waals surface area contributed by atoms with Gasteiger partial charge in [-0.2, -0.15) is 0 Å². The number of carbonyl (C=O) groups is 2. The molecule has 0 spiro atoms. The van der Waals surface area contributed by atoms with Crippen LogP contribution in [0.2, 0.25) is 0 Å². The Morgan fingerprint density at radius 2 is 1.55 bits per heavy atom. The van der Waals surface area contributed by atoms with Crippen LogP contribution in [0.1, 0.15) is 22.7 Å². The predicted molar refractivity (Wildman–Crippen MR) is 116 cm³/mol. The summed E-state index contributed by atoms with van der Waals surface area (Å²) in [5, 5.41) is 22.7. The summed E-state index contributed by atoms with van der Waals surface area (Å²) in [7, 11) is 0. The van der Waals surface area contributed by atoms with E-state index < -0.39 is 22.7 Å². The second-order valence-corrected chi connectivity index (χ2v) is 7.19. The zero-order valence-corrected chi connectivity index (χ0v) is 16.6. The van der Waals surface area contributed by atoms with Crippen LogP contribution in [0.25, 0.3) is 5.76 Å². The van der Waals surface area contributed by atoms with Crippen LogP contribution in [0.5, 0.6) is 0 Å². The van der Waals surface area contributed by atoms with Gasteiger partial charge in [-0.05, 0) is 25.1 Å². The van der Waals surface area contributed by atoms with Crippen LogP contribution in [0.3, 0.4) is 0 Å². The lowest BCUT2D eigenvalue weighted by atomic mass is 9.94. The van der Waals surface area contributed by atoms with Gasteiger partial charge in [0.25, 0.3) is 17.4 Å². The van der Waals surface area contributed by atoms with Gasteiger partial charge in [0.1, 0.15) is 11.8 Å². The average Bonchev–Trinajstić information content (AvgIpc) is 3.05. The Labute approximate surface area is 178 Å². The Morgan fingerprint density at radius 3 is 2.19 bits per heavy atom. The number of aryl methyl sites for hydroxylation is 1. The number of anilines is 1. The van der Waals surface area contributed by atoms with Crippen molar-refractivity contribution in [2.75, 3.05) is 4.90 Å². The molecular weight excluding hydrogens is 396 g/mol. The number of ketones is 1. The molecule has 1 atom stereocenters. The molecule has 0 saturated carbocycles. The number of nitro groups is 1. The van der Waals surface area contributed by atoms with Crippen molar-refractivity contribution in [2.45, 2.75) is 13.0 Å². The molecular formula is C24H18N2O5. The first kappa shape index (κ1) is 20.0. The summed E-state index contributed by atoms with van der Waals surface area (Å²) in [6, 6.07) is 20.0. The van der Waals surface area contributed by atoms with Crippen LogP contribution in [0, 0.1) is 17.0 Å². The van der Waals surface area contributed by atoms with Gasteiger partial charge >= 0.3 is 0 Å². The molecule has 0 bridgehead atoms. The fourth-order valence-electron chi connectivity index (χ4n) is 3.73. The summed E-state index contributed by atoms with van der Waals surface area (Å²) in [4.78, 5) is 38.4. The molecule has 0 aromatic heterocycles. The van der Waals surface area contributed by atoms with E-state index >= 15 is 0 Å². The number of hydrogen-bond donors (Lipinski definition) is 1. The number of Topliss-reactive ketones (excluding diaryl/α,β-unsaturated/α-hetero) is 1. The first-order valence-electron chi connectivity index (χ1n) is 9.56. The van der Waals surface area contributed by atoms with Crippen molar-refractivity contribution in [1.29, 1.82) is 0 Å². The number of rotatable bonds is 4. The molecule has 7 heteroatoms. The van der Waals surface area contributed by atoms with Crippen LogP contribution in [0.4, 0.5) is 11.4 Å². The fourth-order valence-corrected chi connectivity index (χ4v) is 3.73. The molecule has 3 aromatic carbocycles. The number of amides is 1. The lowest BCUT2D eigenvalue weighted by Crippen LogP contribution is -2.29. The topological polar surface area (TPSA) is 101 Å². The molecule has 154 valence electrons. The minimum Gasteiger partial charge on any atom is -0.507 e. The largest absolute Gasteiger partial charge is 0.507 e. The van der Waals surface area contributed by atoms with Gasteiger partial charge < -0.3 is 5.11 Å². The van der Waals surface area contributed by atoms with E-state index in [1.165, 1.54) is 23.1 Å². The van der Waals surface area contributed by atoms with Gasteiger partial charge in [0, 0.05) is 17.3 Å². The highest BCUT2D eigenvalue weighted by Gasteiger charge is 2.48. The molecule has 7 nitrogen and oxygen atoms in total. The van der Waals surface area contributed by atoms with Crippen LogP contribution >= 0.6 is 0 Å². The SMILES string of the molecule is Cc1ccc(C(O)=C2C(=O)C(=O)N(c3ccccc3)[C@@H]2c2ccccc2[N+](=O)[O-])cc1. The van der Waals surface area contributed by atoms with Crippen LogP contribution in [-0.2, 0) is 9.59 Å². The fraction of sp³-hybridized carbons (Fsp3) is 0.0833. The van der Waals surface area contributed by atoms with Gasteiger partial charge in [-0.15, -0.1) is 0 Å². The minimum absolute atomic E-state index is 0.143. The van der Waals surface area contributed by atoms with E-state index in [4.69, 9.17) is 0 Å². The van der Waals surface area contributed by atoms with E-state index in [1.54, 1.807) is 60.7 Å². The molecule has 1 aliphatic heterocycles. The number of nitro benzene ring substituents is 1. The Morgan fingerprint density at radius 1 is 0.935 bits per heavy atom. The Bertz CT molecular complexity index is 1220. The van der Waals surface area contributed by atoms with Crippen LogP contribution in [0.15, 0.2) is 84.4 Å². The minimum atomic E-state index is -1.15.